The van der Waals surface area contributed by atoms with Crippen LogP contribution in [0, 0.1) is 3.57 Å². The van der Waals surface area contributed by atoms with Gasteiger partial charge < -0.3 is 15.2 Å². The van der Waals surface area contributed by atoms with Crippen LogP contribution in [0.4, 0.5) is 5.69 Å². The number of aromatic nitrogens is 2. The quantitative estimate of drug-likeness (QED) is 0.622. The number of ether oxygens (including phenoxy) is 2. The predicted molar refractivity (Wildman–Crippen MR) is 82.2 cm³/mol. The molecule has 1 aliphatic rings. The summed E-state index contributed by atoms with van der Waals surface area (Å²) < 4.78 is 13.1. The summed E-state index contributed by atoms with van der Waals surface area (Å²) in [5.41, 5.74) is 7.29. The van der Waals surface area contributed by atoms with Crippen molar-refractivity contribution in [1.82, 2.24) is 9.55 Å². The van der Waals surface area contributed by atoms with E-state index in [4.69, 9.17) is 15.2 Å². The number of nitrogen functional groups attached to an aromatic ring is 1. The molecule has 0 saturated carbocycles. The normalized spacial score (nSPS) is 13.2. The molecular weight excluding hydrogens is 373 g/mol. The lowest BCUT2D eigenvalue weighted by atomic mass is 10.1. The zero-order valence-electron chi connectivity index (χ0n) is 10.5. The van der Waals surface area contributed by atoms with Crippen LogP contribution in [0.3, 0.4) is 0 Å². The molecule has 6 nitrogen and oxygen atoms in total. The first-order chi connectivity index (χ1) is 9.65. The van der Waals surface area contributed by atoms with E-state index in [9.17, 15) is 4.79 Å². The lowest BCUT2D eigenvalue weighted by molar-refractivity contribution is 0.171. The first-order valence-corrected chi connectivity index (χ1v) is 7.11. The van der Waals surface area contributed by atoms with E-state index < -0.39 is 0 Å². The summed E-state index contributed by atoms with van der Waals surface area (Å²) >= 11 is 1.96. The van der Waals surface area contributed by atoms with Gasteiger partial charge in [0.2, 0.25) is 0 Å². The van der Waals surface area contributed by atoms with E-state index in [1.807, 2.05) is 28.7 Å². The first-order valence-electron chi connectivity index (χ1n) is 6.03. The van der Waals surface area contributed by atoms with Gasteiger partial charge in [-0.1, -0.05) is 0 Å². The van der Waals surface area contributed by atoms with Gasteiger partial charge in [0, 0.05) is 18.0 Å². The second-order valence-corrected chi connectivity index (χ2v) is 5.53. The number of hydrogen-bond donors (Lipinski definition) is 1. The number of benzene rings is 1. The molecule has 7 heteroatoms. The highest BCUT2D eigenvalue weighted by Gasteiger charge is 2.15. The third-order valence-electron chi connectivity index (χ3n) is 3.00. The highest BCUT2D eigenvalue weighted by atomic mass is 127. The van der Waals surface area contributed by atoms with Gasteiger partial charge in [0.25, 0.3) is 5.56 Å². The standard InChI is InChI=1S/C13H12IN3O3/c14-9-5-16-7-17(13(9)18)6-8-3-11-12(4-10(8)15)20-2-1-19-11/h3-5,7H,1-2,6,15H2. The number of hydrogen-bond acceptors (Lipinski definition) is 5. The van der Waals surface area contributed by atoms with Gasteiger partial charge in [0.15, 0.2) is 11.5 Å². The molecule has 0 radical (unpaired) electrons. The van der Waals surface area contributed by atoms with E-state index in [2.05, 4.69) is 4.98 Å². The monoisotopic (exact) mass is 385 g/mol. The number of rotatable bonds is 2. The maximum Gasteiger partial charge on any atom is 0.267 e. The second-order valence-electron chi connectivity index (χ2n) is 4.37. The maximum absolute atomic E-state index is 12.0. The summed E-state index contributed by atoms with van der Waals surface area (Å²) in [5.74, 6) is 1.30. The van der Waals surface area contributed by atoms with Crippen molar-refractivity contribution < 1.29 is 9.47 Å². The molecule has 104 valence electrons. The molecule has 0 unspecified atom stereocenters. The van der Waals surface area contributed by atoms with Crippen LogP contribution >= 0.6 is 22.6 Å². The van der Waals surface area contributed by atoms with Gasteiger partial charge in [-0.15, -0.1) is 0 Å². The van der Waals surface area contributed by atoms with Crippen LogP contribution in [0.1, 0.15) is 5.56 Å². The third-order valence-corrected chi connectivity index (χ3v) is 3.74. The molecule has 1 aliphatic heterocycles. The van der Waals surface area contributed by atoms with Crippen molar-refractivity contribution in [3.8, 4) is 11.5 Å². The molecule has 0 spiro atoms. The van der Waals surface area contributed by atoms with Crippen LogP contribution in [0.2, 0.25) is 0 Å². The predicted octanol–water partition coefficient (Wildman–Crippen LogP) is 1.25. The molecule has 3 rings (SSSR count). The summed E-state index contributed by atoms with van der Waals surface area (Å²) in [7, 11) is 0. The summed E-state index contributed by atoms with van der Waals surface area (Å²) in [6.45, 7) is 1.39. The Hall–Kier alpha value is -1.77. The molecular formula is C13H12IN3O3. The molecule has 0 amide bonds. The lowest BCUT2D eigenvalue weighted by Crippen LogP contribution is -2.23. The van der Waals surface area contributed by atoms with E-state index in [0.29, 0.717) is 40.5 Å². The number of fused-ring (bicyclic) bond motifs is 1. The number of nitrogens with zero attached hydrogens (tertiary/aromatic N) is 2. The Bertz CT molecular complexity index is 714. The fourth-order valence-corrected chi connectivity index (χ4v) is 2.47. The van der Waals surface area contributed by atoms with Gasteiger partial charge in [-0.05, 0) is 34.2 Å². The van der Waals surface area contributed by atoms with Crippen LogP contribution < -0.4 is 20.8 Å². The minimum atomic E-state index is -0.0881. The Balaban J connectivity index is 1.98. The van der Waals surface area contributed by atoms with Crippen molar-refractivity contribution in [2.75, 3.05) is 18.9 Å². The van der Waals surface area contributed by atoms with Gasteiger partial charge in [-0.2, -0.15) is 0 Å². The van der Waals surface area contributed by atoms with Gasteiger partial charge >= 0.3 is 0 Å². The smallest absolute Gasteiger partial charge is 0.267 e. The van der Waals surface area contributed by atoms with Gasteiger partial charge in [0.1, 0.15) is 13.2 Å². The Morgan fingerprint density at radius 2 is 2.00 bits per heavy atom. The van der Waals surface area contributed by atoms with E-state index in [0.717, 1.165) is 5.56 Å². The van der Waals surface area contributed by atoms with Crippen LogP contribution in [-0.2, 0) is 6.54 Å². The fourth-order valence-electron chi connectivity index (χ4n) is 2.00. The van der Waals surface area contributed by atoms with Crippen molar-refractivity contribution in [3.05, 3.63) is 44.1 Å². The van der Waals surface area contributed by atoms with Gasteiger partial charge in [0.05, 0.1) is 16.4 Å². The second kappa shape index (κ2) is 5.31. The van der Waals surface area contributed by atoms with Crippen LogP contribution in [0.25, 0.3) is 0 Å². The number of anilines is 1. The molecule has 1 aromatic carbocycles. The van der Waals surface area contributed by atoms with Crippen molar-refractivity contribution in [3.63, 3.8) is 0 Å². The van der Waals surface area contributed by atoms with E-state index in [1.54, 1.807) is 6.07 Å². The number of nitrogens with two attached hydrogens (primary N) is 1. The molecule has 2 aromatic rings. The topological polar surface area (TPSA) is 79.4 Å². The zero-order valence-corrected chi connectivity index (χ0v) is 12.7. The summed E-state index contributed by atoms with van der Waals surface area (Å²) in [6, 6.07) is 3.55. The third kappa shape index (κ3) is 2.45. The van der Waals surface area contributed by atoms with Crippen molar-refractivity contribution in [2.45, 2.75) is 6.54 Å². The largest absolute Gasteiger partial charge is 0.486 e. The zero-order chi connectivity index (χ0) is 14.1. The Morgan fingerprint density at radius 1 is 1.30 bits per heavy atom. The lowest BCUT2D eigenvalue weighted by Gasteiger charge is -2.20. The Morgan fingerprint density at radius 3 is 2.75 bits per heavy atom. The van der Waals surface area contributed by atoms with E-state index in [-0.39, 0.29) is 5.56 Å². The van der Waals surface area contributed by atoms with Crippen LogP contribution in [0.5, 0.6) is 11.5 Å². The minimum Gasteiger partial charge on any atom is -0.486 e. The minimum absolute atomic E-state index is 0.0881. The molecule has 0 saturated heterocycles. The van der Waals surface area contributed by atoms with Crippen molar-refractivity contribution >= 4 is 28.3 Å². The SMILES string of the molecule is Nc1cc2c(cc1Cn1cncc(I)c1=O)OCCO2. The van der Waals surface area contributed by atoms with E-state index in [1.165, 1.54) is 17.1 Å². The molecule has 2 N–H and O–H groups in total. The highest BCUT2D eigenvalue weighted by Crippen LogP contribution is 2.34. The molecule has 0 aliphatic carbocycles. The van der Waals surface area contributed by atoms with Gasteiger partial charge in [-0.3, -0.25) is 9.36 Å². The Kier molecular flexibility index (Phi) is 3.51. The van der Waals surface area contributed by atoms with Crippen molar-refractivity contribution in [1.29, 1.82) is 0 Å². The fraction of sp³-hybridized carbons (Fsp3) is 0.231. The summed E-state index contributed by atoms with van der Waals surface area (Å²) in [5, 5.41) is 0. The Labute approximate surface area is 128 Å². The number of halogens is 1. The average molecular weight is 385 g/mol. The highest BCUT2D eigenvalue weighted by molar-refractivity contribution is 14.1. The van der Waals surface area contributed by atoms with Crippen molar-refractivity contribution in [2.24, 2.45) is 0 Å². The molecule has 2 heterocycles. The molecule has 0 fully saturated rings. The van der Waals surface area contributed by atoms with Crippen LogP contribution in [0.15, 0.2) is 29.5 Å². The first kappa shape index (κ1) is 13.2. The molecule has 20 heavy (non-hydrogen) atoms. The van der Waals surface area contributed by atoms with Gasteiger partial charge in [-0.25, -0.2) is 4.98 Å². The summed E-state index contributed by atoms with van der Waals surface area (Å²) in [4.78, 5) is 16.0. The molecule has 0 atom stereocenters. The average Bonchev–Trinajstić information content (AvgIpc) is 2.44. The molecule has 1 aromatic heterocycles. The van der Waals surface area contributed by atoms with Crippen LogP contribution in [-0.4, -0.2) is 22.8 Å². The van der Waals surface area contributed by atoms with E-state index >= 15 is 0 Å². The maximum atomic E-state index is 12.0. The summed E-state index contributed by atoms with van der Waals surface area (Å²) in [6.07, 6.45) is 3.04. The molecule has 0 bridgehead atoms.